The number of carbonyl (C=O) groups is 2. The minimum atomic E-state index is -0.725. The summed E-state index contributed by atoms with van der Waals surface area (Å²) < 4.78 is 5.10. The molecule has 0 aliphatic carbocycles. The molecule has 1 unspecified atom stereocenters. The molecule has 0 aromatic heterocycles. The summed E-state index contributed by atoms with van der Waals surface area (Å²) >= 11 is 0. The summed E-state index contributed by atoms with van der Waals surface area (Å²) in [6.07, 6.45) is 4.16. The minimum Gasteiger partial charge on any atom is -0.512 e. The quantitative estimate of drug-likeness (QED) is 0.238. The first-order chi connectivity index (χ1) is 8.43. The maximum atomic E-state index is 11.7. The molecule has 1 N–H and O–H groups in total. The van der Waals surface area contributed by atoms with Crippen molar-refractivity contribution in [2.24, 2.45) is 5.92 Å². The Kier molecular flexibility index (Phi) is 8.08. The summed E-state index contributed by atoms with van der Waals surface area (Å²) in [4.78, 5) is 22.9. The van der Waals surface area contributed by atoms with Gasteiger partial charge in [0, 0.05) is 0 Å². The number of unbranched alkanes of at least 4 members (excludes halogenated alkanes) is 1. The Labute approximate surface area is 109 Å². The van der Waals surface area contributed by atoms with Crippen LogP contribution in [-0.2, 0) is 14.3 Å². The molecule has 0 heterocycles. The molecule has 0 spiro atoms. The van der Waals surface area contributed by atoms with Crippen molar-refractivity contribution in [1.82, 2.24) is 0 Å². The summed E-state index contributed by atoms with van der Waals surface area (Å²) in [6.45, 7) is 7.02. The highest BCUT2D eigenvalue weighted by atomic mass is 16.5. The fourth-order valence-corrected chi connectivity index (χ4v) is 1.71. The van der Waals surface area contributed by atoms with Gasteiger partial charge >= 0.3 is 5.97 Å². The van der Waals surface area contributed by atoms with E-state index in [-0.39, 0.29) is 11.3 Å². The summed E-state index contributed by atoms with van der Waals surface area (Å²) in [6, 6.07) is 0. The number of hydrogen-bond donors (Lipinski definition) is 1. The number of allylic oxidation sites excluding steroid dienone is 1. The molecule has 0 rings (SSSR count). The second-order valence-corrected chi connectivity index (χ2v) is 4.53. The van der Waals surface area contributed by atoms with Gasteiger partial charge in [-0.2, -0.15) is 0 Å². The van der Waals surface area contributed by atoms with Gasteiger partial charge in [0.2, 0.25) is 0 Å². The molecule has 0 amide bonds. The van der Waals surface area contributed by atoms with Gasteiger partial charge in [-0.1, -0.05) is 33.1 Å². The van der Waals surface area contributed by atoms with Gasteiger partial charge in [-0.3, -0.25) is 4.79 Å². The van der Waals surface area contributed by atoms with Gasteiger partial charge in [-0.15, -0.1) is 0 Å². The predicted octanol–water partition coefficient (Wildman–Crippen LogP) is 3.17. The predicted molar refractivity (Wildman–Crippen MR) is 70.3 cm³/mol. The monoisotopic (exact) mass is 256 g/mol. The number of rotatable bonds is 8. The Hall–Kier alpha value is -1.32. The maximum absolute atomic E-state index is 11.7. The molecule has 104 valence electrons. The first kappa shape index (κ1) is 16.7. The number of Topliss-reactive ketones (excluding diaryl/α,β-unsaturated/α-hetero) is 1. The summed E-state index contributed by atoms with van der Waals surface area (Å²) in [5, 5.41) is 9.27. The van der Waals surface area contributed by atoms with Crippen LogP contribution in [0.1, 0.15) is 53.4 Å². The number of aliphatic hydroxyl groups is 1. The topological polar surface area (TPSA) is 63.6 Å². The molecule has 4 nitrogen and oxygen atoms in total. The van der Waals surface area contributed by atoms with Gasteiger partial charge in [-0.05, 0) is 26.2 Å². The van der Waals surface area contributed by atoms with E-state index in [2.05, 4.69) is 6.92 Å². The number of hydrogen-bond acceptors (Lipinski definition) is 4. The number of ether oxygens (including phenoxy) is 1. The number of ketones is 1. The van der Waals surface area contributed by atoms with Crippen LogP contribution >= 0.6 is 0 Å². The van der Waals surface area contributed by atoms with Crippen LogP contribution in [-0.4, -0.2) is 23.5 Å². The number of carbonyl (C=O) groups excluding carboxylic acids is 2. The van der Waals surface area contributed by atoms with E-state index in [4.69, 9.17) is 4.74 Å². The Morgan fingerprint density at radius 3 is 2.22 bits per heavy atom. The highest BCUT2D eigenvalue weighted by Crippen LogP contribution is 2.14. The number of esters is 1. The van der Waals surface area contributed by atoms with E-state index in [0.29, 0.717) is 12.5 Å². The zero-order chi connectivity index (χ0) is 14.1. The van der Waals surface area contributed by atoms with Gasteiger partial charge < -0.3 is 9.84 Å². The molecule has 0 aliphatic heterocycles. The van der Waals surface area contributed by atoms with Crippen LogP contribution in [0.5, 0.6) is 0 Å². The van der Waals surface area contributed by atoms with Crippen molar-refractivity contribution >= 4 is 11.8 Å². The molecule has 0 radical (unpaired) electrons. The molecule has 0 saturated heterocycles. The Balaban J connectivity index is 4.39. The van der Waals surface area contributed by atoms with Crippen molar-refractivity contribution in [3.63, 3.8) is 0 Å². The maximum Gasteiger partial charge on any atom is 0.345 e. The van der Waals surface area contributed by atoms with E-state index >= 15 is 0 Å². The third-order valence-corrected chi connectivity index (χ3v) is 2.91. The second kappa shape index (κ2) is 8.72. The van der Waals surface area contributed by atoms with Crippen molar-refractivity contribution in [2.75, 3.05) is 6.61 Å². The van der Waals surface area contributed by atoms with Gasteiger partial charge in [0.15, 0.2) is 5.78 Å². The molecule has 1 atom stereocenters. The zero-order valence-electron chi connectivity index (χ0n) is 11.8. The number of aliphatic hydroxyl groups excluding tert-OH is 1. The lowest BCUT2D eigenvalue weighted by Crippen LogP contribution is -2.19. The lowest BCUT2D eigenvalue weighted by molar-refractivity contribution is -0.142. The first-order valence-electron chi connectivity index (χ1n) is 6.51. The van der Waals surface area contributed by atoms with Crippen molar-refractivity contribution in [3.05, 3.63) is 11.3 Å². The summed E-state index contributed by atoms with van der Waals surface area (Å²) in [5.41, 5.74) is -0.250. The Bertz CT molecular complexity index is 314. The average Bonchev–Trinajstić information content (AvgIpc) is 2.28. The van der Waals surface area contributed by atoms with Gasteiger partial charge in [0.05, 0.1) is 6.61 Å². The summed E-state index contributed by atoms with van der Waals surface area (Å²) in [5.74, 6) is -1.16. The van der Waals surface area contributed by atoms with Crippen LogP contribution in [0.2, 0.25) is 0 Å². The van der Waals surface area contributed by atoms with Gasteiger partial charge in [0.25, 0.3) is 0 Å². The molecule has 4 heteroatoms. The third-order valence-electron chi connectivity index (χ3n) is 2.91. The minimum absolute atomic E-state index is 0.250. The van der Waals surface area contributed by atoms with Crippen molar-refractivity contribution in [3.8, 4) is 0 Å². The lowest BCUT2D eigenvalue weighted by atomic mass is 10.0. The smallest absolute Gasteiger partial charge is 0.345 e. The SMILES string of the molecule is CCCCC(CC)COC(=O)C(C(C)=O)=C(C)O. The van der Waals surface area contributed by atoms with Crippen LogP contribution in [0.3, 0.4) is 0 Å². The molecule has 0 fully saturated rings. The zero-order valence-corrected chi connectivity index (χ0v) is 11.8. The standard InChI is InChI=1S/C14H24O4/c1-5-7-8-12(6-2)9-18-14(17)13(10(3)15)11(4)16/h12,15H,5-9H2,1-4H3. The van der Waals surface area contributed by atoms with E-state index in [9.17, 15) is 14.7 Å². The van der Waals surface area contributed by atoms with Crippen LogP contribution in [0.15, 0.2) is 11.3 Å². The van der Waals surface area contributed by atoms with Crippen LogP contribution in [0.25, 0.3) is 0 Å². The van der Waals surface area contributed by atoms with E-state index in [0.717, 1.165) is 25.7 Å². The van der Waals surface area contributed by atoms with Crippen LogP contribution in [0, 0.1) is 5.92 Å². The highest BCUT2D eigenvalue weighted by Gasteiger charge is 2.20. The molecule has 0 aromatic rings. The van der Waals surface area contributed by atoms with E-state index in [1.807, 2.05) is 6.92 Å². The lowest BCUT2D eigenvalue weighted by Gasteiger charge is -2.15. The first-order valence-corrected chi connectivity index (χ1v) is 6.51. The highest BCUT2D eigenvalue weighted by molar-refractivity contribution is 6.16. The van der Waals surface area contributed by atoms with E-state index in [1.165, 1.54) is 13.8 Å². The third kappa shape index (κ3) is 5.84. The summed E-state index contributed by atoms with van der Waals surface area (Å²) in [7, 11) is 0. The molecule has 0 aromatic carbocycles. The molecular formula is C14H24O4. The van der Waals surface area contributed by atoms with Crippen LogP contribution in [0.4, 0.5) is 0 Å². The molecule has 0 aliphatic rings. The average molecular weight is 256 g/mol. The van der Waals surface area contributed by atoms with Crippen LogP contribution < -0.4 is 0 Å². The largest absolute Gasteiger partial charge is 0.512 e. The fraction of sp³-hybridized carbons (Fsp3) is 0.714. The van der Waals surface area contributed by atoms with E-state index in [1.54, 1.807) is 0 Å². The second-order valence-electron chi connectivity index (χ2n) is 4.53. The fourth-order valence-electron chi connectivity index (χ4n) is 1.71. The Morgan fingerprint density at radius 2 is 1.83 bits per heavy atom. The van der Waals surface area contributed by atoms with Gasteiger partial charge in [-0.25, -0.2) is 4.79 Å². The molecule has 0 bridgehead atoms. The van der Waals surface area contributed by atoms with E-state index < -0.39 is 11.8 Å². The van der Waals surface area contributed by atoms with Gasteiger partial charge in [0.1, 0.15) is 11.3 Å². The Morgan fingerprint density at radius 1 is 1.22 bits per heavy atom. The van der Waals surface area contributed by atoms with Crippen molar-refractivity contribution in [1.29, 1.82) is 0 Å². The normalized spacial score (nSPS) is 13.8. The molecule has 0 saturated carbocycles. The van der Waals surface area contributed by atoms with Crippen molar-refractivity contribution in [2.45, 2.75) is 53.4 Å². The van der Waals surface area contributed by atoms with Crippen molar-refractivity contribution < 1.29 is 19.4 Å². The molecular weight excluding hydrogens is 232 g/mol. The molecule has 18 heavy (non-hydrogen) atoms.